The van der Waals surface area contributed by atoms with Crippen molar-refractivity contribution in [2.45, 2.75) is 19.3 Å². The molecule has 0 unspecified atom stereocenters. The van der Waals surface area contributed by atoms with Crippen molar-refractivity contribution < 1.29 is 14.6 Å². The summed E-state index contributed by atoms with van der Waals surface area (Å²) in [5.41, 5.74) is 2.28. The molecule has 0 saturated carbocycles. The summed E-state index contributed by atoms with van der Waals surface area (Å²) in [5.74, 6) is 0.602. The van der Waals surface area contributed by atoms with E-state index in [4.69, 9.17) is 16.3 Å². The second-order valence-corrected chi connectivity index (χ2v) is 8.37. The minimum atomic E-state index is -0.362. The Kier molecular flexibility index (Phi) is 5.80. The van der Waals surface area contributed by atoms with Gasteiger partial charge in [-0.25, -0.2) is 0 Å². The van der Waals surface area contributed by atoms with Gasteiger partial charge in [-0.1, -0.05) is 35.5 Å². The van der Waals surface area contributed by atoms with Gasteiger partial charge >= 0.3 is 0 Å². The zero-order valence-electron chi connectivity index (χ0n) is 16.3. The van der Waals surface area contributed by atoms with E-state index >= 15 is 0 Å². The minimum Gasteiger partial charge on any atom is -0.504 e. The topological polar surface area (TPSA) is 76.8 Å². The molecule has 2 aliphatic heterocycles. The van der Waals surface area contributed by atoms with Crippen molar-refractivity contribution in [1.82, 2.24) is 4.90 Å². The fraction of sp³-hybridized carbons (Fsp3) is 0.273. The maximum atomic E-state index is 13.0. The van der Waals surface area contributed by atoms with E-state index < -0.39 is 0 Å². The average molecular weight is 442 g/mol. The molecule has 6 nitrogen and oxygen atoms in total. The number of hydrogen-bond donors (Lipinski definition) is 1. The minimum absolute atomic E-state index is 0.0414. The lowest BCUT2D eigenvalue weighted by atomic mass is 9.86. The highest BCUT2D eigenvalue weighted by Crippen LogP contribution is 2.44. The Morgan fingerprint density at radius 2 is 2.17 bits per heavy atom. The van der Waals surface area contributed by atoms with E-state index in [1.165, 1.54) is 11.8 Å². The highest BCUT2D eigenvalue weighted by atomic mass is 35.5. The molecule has 1 amide bonds. The molecule has 2 aromatic carbocycles. The number of allylic oxidation sites excluding steroid dienone is 1. The van der Waals surface area contributed by atoms with E-state index in [-0.39, 0.29) is 24.0 Å². The number of fused-ring (bicyclic) bond motifs is 1. The lowest BCUT2D eigenvalue weighted by Gasteiger charge is -2.42. The van der Waals surface area contributed by atoms with Gasteiger partial charge in [0.25, 0.3) is 0 Å². The molecule has 0 radical (unpaired) electrons. The number of ether oxygens (including phenoxy) is 1. The summed E-state index contributed by atoms with van der Waals surface area (Å²) >= 11 is 7.59. The third-order valence-corrected chi connectivity index (χ3v) is 6.54. The smallest absolute Gasteiger partial charge is 0.229 e. The number of phenolic OH excluding ortho intramolecular Hbond substituents is 1. The molecule has 8 heteroatoms. The predicted octanol–water partition coefficient (Wildman–Crippen LogP) is 4.66. The fourth-order valence-electron chi connectivity index (χ4n) is 3.70. The summed E-state index contributed by atoms with van der Waals surface area (Å²) in [6.45, 7) is 2.62. The van der Waals surface area contributed by atoms with Crippen molar-refractivity contribution in [2.24, 2.45) is 0 Å². The summed E-state index contributed by atoms with van der Waals surface area (Å²) < 4.78 is 5.48. The van der Waals surface area contributed by atoms with Crippen molar-refractivity contribution in [3.05, 3.63) is 63.7 Å². The van der Waals surface area contributed by atoms with Crippen LogP contribution in [0.25, 0.3) is 0 Å². The van der Waals surface area contributed by atoms with Crippen LogP contribution in [0.4, 0.5) is 5.69 Å². The quantitative estimate of drug-likeness (QED) is 0.743. The van der Waals surface area contributed by atoms with Crippen molar-refractivity contribution in [1.29, 1.82) is 5.26 Å². The Bertz CT molecular complexity index is 1070. The van der Waals surface area contributed by atoms with Crippen molar-refractivity contribution in [3.63, 3.8) is 0 Å². The molecule has 0 spiro atoms. The predicted molar refractivity (Wildman–Crippen MR) is 117 cm³/mol. The average Bonchev–Trinajstić information content (AvgIpc) is 2.75. The number of phenols is 1. The third-order valence-electron chi connectivity index (χ3n) is 5.15. The molecule has 4 rings (SSSR count). The van der Waals surface area contributed by atoms with E-state index in [0.717, 1.165) is 11.3 Å². The maximum Gasteiger partial charge on any atom is 0.229 e. The number of carbonyl (C=O) groups is 1. The highest BCUT2D eigenvalue weighted by Gasteiger charge is 2.38. The van der Waals surface area contributed by atoms with Crippen molar-refractivity contribution >= 4 is 35.0 Å². The standard InChI is InChI=1S/C22H20ClN3O3S/c1-2-29-20-8-14(6-7-19(20)27)17-10-21(28)26-12-25(13-30-22(26)18(17)11-24)16-5-3-4-15(23)9-16/h3-9,17,27H,2,10,12-13H2,1H3/t17-/m1/s1. The van der Waals surface area contributed by atoms with Gasteiger partial charge < -0.3 is 14.7 Å². The zero-order valence-corrected chi connectivity index (χ0v) is 17.9. The van der Waals surface area contributed by atoms with Crippen LogP contribution in [-0.2, 0) is 4.79 Å². The third kappa shape index (κ3) is 3.81. The molecule has 1 N–H and O–H groups in total. The molecule has 2 heterocycles. The molecule has 154 valence electrons. The second-order valence-electron chi connectivity index (χ2n) is 7.00. The summed E-state index contributed by atoms with van der Waals surface area (Å²) in [6, 6.07) is 14.8. The second kappa shape index (κ2) is 8.50. The van der Waals surface area contributed by atoms with Crippen LogP contribution in [0.1, 0.15) is 24.8 Å². The largest absolute Gasteiger partial charge is 0.504 e. The molecule has 1 saturated heterocycles. The number of aromatic hydroxyl groups is 1. The Balaban J connectivity index is 1.66. The first-order valence-corrected chi connectivity index (χ1v) is 10.9. The number of nitriles is 1. The lowest BCUT2D eigenvalue weighted by Crippen LogP contribution is -2.47. The normalized spacial score (nSPS) is 18.8. The molecular weight excluding hydrogens is 422 g/mol. The summed E-state index contributed by atoms with van der Waals surface area (Å²) in [5, 5.41) is 21.2. The Labute approximate surface area is 184 Å². The number of amides is 1. The summed E-state index contributed by atoms with van der Waals surface area (Å²) in [6.07, 6.45) is 0.187. The van der Waals surface area contributed by atoms with Gasteiger partial charge in [0.05, 0.1) is 35.8 Å². The van der Waals surface area contributed by atoms with Gasteiger partial charge in [-0.3, -0.25) is 9.69 Å². The first kappa shape index (κ1) is 20.5. The van der Waals surface area contributed by atoms with Gasteiger partial charge in [0.2, 0.25) is 5.91 Å². The fourth-order valence-corrected chi connectivity index (χ4v) is 5.05. The molecule has 2 aliphatic rings. The molecule has 2 aromatic rings. The van der Waals surface area contributed by atoms with Crippen LogP contribution in [0.3, 0.4) is 0 Å². The van der Waals surface area contributed by atoms with E-state index in [0.29, 0.717) is 40.5 Å². The lowest BCUT2D eigenvalue weighted by molar-refractivity contribution is -0.129. The monoisotopic (exact) mass is 441 g/mol. The molecule has 0 aromatic heterocycles. The summed E-state index contributed by atoms with van der Waals surface area (Å²) in [4.78, 5) is 16.8. The van der Waals surface area contributed by atoms with Gasteiger partial charge in [-0.2, -0.15) is 5.26 Å². The van der Waals surface area contributed by atoms with Gasteiger partial charge in [0, 0.05) is 23.0 Å². The molecule has 30 heavy (non-hydrogen) atoms. The Hall–Kier alpha value is -2.82. The number of benzene rings is 2. The number of hydrogen-bond acceptors (Lipinski definition) is 6. The van der Waals surface area contributed by atoms with Crippen LogP contribution < -0.4 is 9.64 Å². The number of halogens is 1. The van der Waals surface area contributed by atoms with Crippen LogP contribution in [0, 0.1) is 11.3 Å². The summed E-state index contributed by atoms with van der Waals surface area (Å²) in [7, 11) is 0. The van der Waals surface area contributed by atoms with Crippen LogP contribution in [-0.4, -0.2) is 35.1 Å². The van der Waals surface area contributed by atoms with Gasteiger partial charge in [-0.15, -0.1) is 0 Å². The first-order valence-electron chi connectivity index (χ1n) is 9.55. The Morgan fingerprint density at radius 1 is 1.33 bits per heavy atom. The molecule has 0 bridgehead atoms. The molecule has 1 fully saturated rings. The Morgan fingerprint density at radius 3 is 2.90 bits per heavy atom. The van der Waals surface area contributed by atoms with Crippen molar-refractivity contribution in [2.75, 3.05) is 24.1 Å². The van der Waals surface area contributed by atoms with Gasteiger partial charge in [-0.05, 0) is 42.8 Å². The zero-order chi connectivity index (χ0) is 21.3. The van der Waals surface area contributed by atoms with Crippen LogP contribution in [0.5, 0.6) is 11.5 Å². The number of nitrogens with zero attached hydrogens (tertiary/aromatic N) is 3. The van der Waals surface area contributed by atoms with E-state index in [9.17, 15) is 15.2 Å². The number of thioether (sulfide) groups is 1. The van der Waals surface area contributed by atoms with Crippen LogP contribution in [0.2, 0.25) is 5.02 Å². The van der Waals surface area contributed by atoms with Gasteiger partial charge in [0.15, 0.2) is 11.5 Å². The molecular formula is C22H20ClN3O3S. The first-order chi connectivity index (χ1) is 14.5. The van der Waals surface area contributed by atoms with Crippen molar-refractivity contribution in [3.8, 4) is 17.6 Å². The maximum absolute atomic E-state index is 13.0. The number of carbonyl (C=O) groups excluding carboxylic acids is 1. The van der Waals surface area contributed by atoms with Gasteiger partial charge in [0.1, 0.15) is 0 Å². The van der Waals surface area contributed by atoms with Crippen LogP contribution >= 0.6 is 23.4 Å². The number of anilines is 1. The SMILES string of the molecule is CCOc1cc([C@H]2CC(=O)N3CN(c4cccc(Cl)c4)CSC3=C2C#N)ccc1O. The highest BCUT2D eigenvalue weighted by molar-refractivity contribution is 8.03. The van der Waals surface area contributed by atoms with E-state index in [1.807, 2.05) is 31.2 Å². The number of rotatable bonds is 4. The molecule has 1 atom stereocenters. The van der Waals surface area contributed by atoms with E-state index in [2.05, 4.69) is 11.0 Å². The van der Waals surface area contributed by atoms with Crippen LogP contribution in [0.15, 0.2) is 53.1 Å². The molecule has 0 aliphatic carbocycles. The van der Waals surface area contributed by atoms with E-state index in [1.54, 1.807) is 23.1 Å².